The quantitative estimate of drug-likeness (QED) is 0.386. The summed E-state index contributed by atoms with van der Waals surface area (Å²) in [7, 11) is 2.39. The van der Waals surface area contributed by atoms with Gasteiger partial charge in [-0.25, -0.2) is 0 Å². The molecule has 0 aromatic carbocycles. The van der Waals surface area contributed by atoms with E-state index in [1.165, 1.54) is 14.2 Å². The maximum atomic E-state index is 11.9. The Morgan fingerprint density at radius 3 is 2.35 bits per heavy atom. The second-order valence-electron chi connectivity index (χ2n) is 4.30. The maximum absolute atomic E-state index is 11.9. The Morgan fingerprint density at radius 2 is 1.88 bits per heavy atom. The molecule has 6 heteroatoms. The number of methoxy groups -OCH3 is 2. The molecule has 0 spiro atoms. The zero-order valence-corrected chi connectivity index (χ0v) is 9.73. The first-order chi connectivity index (χ1) is 8.07. The van der Waals surface area contributed by atoms with Crippen molar-refractivity contribution in [3.05, 3.63) is 0 Å². The molecule has 2 fully saturated rings. The van der Waals surface area contributed by atoms with Gasteiger partial charge in [0.25, 0.3) is 0 Å². The van der Waals surface area contributed by atoms with E-state index in [0.717, 1.165) is 0 Å². The lowest BCUT2D eigenvalue weighted by Gasteiger charge is -2.47. The topological polar surface area (TPSA) is 78.9 Å². The minimum Gasteiger partial charge on any atom is -0.468 e. The molecule has 17 heavy (non-hydrogen) atoms. The predicted molar refractivity (Wildman–Crippen MR) is 53.7 cm³/mol. The van der Waals surface area contributed by atoms with Gasteiger partial charge in [-0.3, -0.25) is 14.4 Å². The van der Waals surface area contributed by atoms with E-state index >= 15 is 0 Å². The number of hydrogen-bond acceptors (Lipinski definition) is 6. The van der Waals surface area contributed by atoms with E-state index in [1.54, 1.807) is 0 Å². The summed E-state index contributed by atoms with van der Waals surface area (Å²) in [5.41, 5.74) is -1.51. The van der Waals surface area contributed by atoms with Crippen LogP contribution in [0.15, 0.2) is 0 Å². The van der Waals surface area contributed by atoms with Crippen molar-refractivity contribution in [1.29, 1.82) is 0 Å². The van der Waals surface area contributed by atoms with Crippen molar-refractivity contribution in [1.82, 2.24) is 0 Å². The Kier molecular flexibility index (Phi) is 2.81. The van der Waals surface area contributed by atoms with Crippen molar-refractivity contribution in [2.75, 3.05) is 14.2 Å². The van der Waals surface area contributed by atoms with E-state index in [1.807, 2.05) is 0 Å². The van der Waals surface area contributed by atoms with Crippen LogP contribution in [0.4, 0.5) is 0 Å². The average Bonchev–Trinajstić information content (AvgIpc) is 2.34. The summed E-state index contributed by atoms with van der Waals surface area (Å²) >= 11 is 0. The third-order valence-corrected chi connectivity index (χ3v) is 3.58. The van der Waals surface area contributed by atoms with Crippen LogP contribution in [-0.2, 0) is 28.6 Å². The Balaban J connectivity index is 2.41. The van der Waals surface area contributed by atoms with E-state index in [0.29, 0.717) is 12.8 Å². The summed E-state index contributed by atoms with van der Waals surface area (Å²) in [5.74, 6) is -2.70. The van der Waals surface area contributed by atoms with E-state index < -0.39 is 29.2 Å². The van der Waals surface area contributed by atoms with Crippen molar-refractivity contribution in [2.45, 2.75) is 25.4 Å². The number of fused-ring (bicyclic) bond motifs is 1. The molecule has 94 valence electrons. The first-order valence-corrected chi connectivity index (χ1v) is 5.45. The van der Waals surface area contributed by atoms with E-state index in [9.17, 15) is 14.4 Å². The molecule has 0 bridgehead atoms. The summed E-state index contributed by atoms with van der Waals surface area (Å²) in [6.45, 7) is 0. The summed E-state index contributed by atoms with van der Waals surface area (Å²) in [4.78, 5) is 35.3. The van der Waals surface area contributed by atoms with Crippen LogP contribution in [0, 0.1) is 11.3 Å². The van der Waals surface area contributed by atoms with Crippen molar-refractivity contribution in [2.24, 2.45) is 11.3 Å². The van der Waals surface area contributed by atoms with Crippen LogP contribution < -0.4 is 0 Å². The van der Waals surface area contributed by atoms with Crippen LogP contribution in [0.3, 0.4) is 0 Å². The fraction of sp³-hybridized carbons (Fsp3) is 0.727. The van der Waals surface area contributed by atoms with Crippen LogP contribution in [0.1, 0.15) is 19.3 Å². The van der Waals surface area contributed by atoms with Crippen molar-refractivity contribution >= 4 is 17.9 Å². The fourth-order valence-electron chi connectivity index (χ4n) is 2.76. The predicted octanol–water partition coefficient (Wildman–Crippen LogP) is 0.0443. The van der Waals surface area contributed by atoms with Crippen molar-refractivity contribution in [3.8, 4) is 0 Å². The SMILES string of the molecule is COC(=O)C1(C(=O)OC)CCC[C@@H]2OC(=O)[C@@H]21. The Bertz CT molecular complexity index is 358. The Labute approximate surface area is 98.2 Å². The molecule has 1 heterocycles. The minimum absolute atomic E-state index is 0.266. The molecule has 0 aromatic heterocycles. The highest BCUT2D eigenvalue weighted by Gasteiger charge is 2.67. The molecule has 2 atom stereocenters. The van der Waals surface area contributed by atoms with Crippen molar-refractivity contribution in [3.63, 3.8) is 0 Å². The monoisotopic (exact) mass is 242 g/mol. The molecule has 0 unspecified atom stereocenters. The second kappa shape index (κ2) is 4.01. The zero-order valence-electron chi connectivity index (χ0n) is 9.73. The Hall–Kier alpha value is -1.59. The number of ether oxygens (including phenoxy) is 3. The molecular weight excluding hydrogens is 228 g/mol. The van der Waals surface area contributed by atoms with E-state index in [4.69, 9.17) is 4.74 Å². The van der Waals surface area contributed by atoms with Gasteiger partial charge in [0.2, 0.25) is 0 Å². The number of rotatable bonds is 2. The molecule has 6 nitrogen and oxygen atoms in total. The molecular formula is C11H14O6. The van der Waals surface area contributed by atoms with Gasteiger partial charge in [0.05, 0.1) is 14.2 Å². The molecule has 0 radical (unpaired) electrons. The number of esters is 3. The van der Waals surface area contributed by atoms with Gasteiger partial charge in [-0.05, 0) is 19.3 Å². The normalized spacial score (nSPS) is 29.4. The van der Waals surface area contributed by atoms with Crippen molar-refractivity contribution < 1.29 is 28.6 Å². The highest BCUT2D eigenvalue weighted by molar-refractivity contribution is 6.05. The summed E-state index contributed by atoms with van der Waals surface area (Å²) in [6, 6.07) is 0. The van der Waals surface area contributed by atoms with E-state index in [2.05, 4.69) is 9.47 Å². The lowest BCUT2D eigenvalue weighted by molar-refractivity contribution is -0.219. The molecule has 2 rings (SSSR count). The van der Waals surface area contributed by atoms with Crippen LogP contribution in [0.25, 0.3) is 0 Å². The fourth-order valence-corrected chi connectivity index (χ4v) is 2.76. The van der Waals surface area contributed by atoms with Gasteiger partial charge < -0.3 is 14.2 Å². The van der Waals surface area contributed by atoms with Gasteiger partial charge >= 0.3 is 17.9 Å². The zero-order chi connectivity index (χ0) is 12.6. The highest BCUT2D eigenvalue weighted by Crippen LogP contribution is 2.49. The summed E-state index contributed by atoms with van der Waals surface area (Å²) in [5, 5.41) is 0. The minimum atomic E-state index is -1.51. The first kappa shape index (κ1) is 11.9. The van der Waals surface area contributed by atoms with Crippen LogP contribution in [0.2, 0.25) is 0 Å². The molecule has 0 aromatic rings. The summed E-state index contributed by atoms with van der Waals surface area (Å²) in [6.07, 6.45) is 1.20. The molecule has 1 saturated heterocycles. The highest BCUT2D eigenvalue weighted by atomic mass is 16.6. The first-order valence-electron chi connectivity index (χ1n) is 5.45. The third kappa shape index (κ3) is 1.43. The number of carbonyl (C=O) groups is 3. The lowest BCUT2D eigenvalue weighted by atomic mass is 9.62. The van der Waals surface area contributed by atoms with Gasteiger partial charge in [0.15, 0.2) is 5.41 Å². The standard InChI is InChI=1S/C11H14O6/c1-15-9(13)11(10(14)16-2)5-3-4-6-7(11)8(12)17-6/h6-7H,3-5H2,1-2H3/t6-,7+/m0/s1. The van der Waals surface area contributed by atoms with Crippen LogP contribution >= 0.6 is 0 Å². The molecule has 1 aliphatic heterocycles. The van der Waals surface area contributed by atoms with Gasteiger partial charge in [0, 0.05) is 0 Å². The number of hydrogen-bond donors (Lipinski definition) is 0. The van der Waals surface area contributed by atoms with Gasteiger partial charge in [-0.1, -0.05) is 0 Å². The van der Waals surface area contributed by atoms with Crippen LogP contribution in [-0.4, -0.2) is 38.2 Å². The molecule has 1 saturated carbocycles. The number of carbonyl (C=O) groups excluding carboxylic acids is 3. The smallest absolute Gasteiger partial charge is 0.324 e. The van der Waals surface area contributed by atoms with Crippen LogP contribution in [0.5, 0.6) is 0 Å². The largest absolute Gasteiger partial charge is 0.468 e. The maximum Gasteiger partial charge on any atom is 0.324 e. The second-order valence-corrected chi connectivity index (χ2v) is 4.30. The van der Waals surface area contributed by atoms with Gasteiger partial charge in [0.1, 0.15) is 12.0 Å². The molecule has 1 aliphatic carbocycles. The molecule has 2 aliphatic rings. The van der Waals surface area contributed by atoms with Gasteiger partial charge in [-0.15, -0.1) is 0 Å². The van der Waals surface area contributed by atoms with E-state index in [-0.39, 0.29) is 12.5 Å². The third-order valence-electron chi connectivity index (χ3n) is 3.58. The molecule has 0 amide bonds. The molecule has 0 N–H and O–H groups in total. The lowest BCUT2D eigenvalue weighted by Crippen LogP contribution is -2.63. The Morgan fingerprint density at radius 1 is 1.29 bits per heavy atom. The van der Waals surface area contributed by atoms with Gasteiger partial charge in [-0.2, -0.15) is 0 Å². The average molecular weight is 242 g/mol. The summed E-state index contributed by atoms with van der Waals surface area (Å²) < 4.78 is 14.3.